The molecule has 6 nitrogen and oxygen atoms in total. The minimum Gasteiger partial charge on any atom is -0.369 e. The summed E-state index contributed by atoms with van der Waals surface area (Å²) in [4.78, 5) is 30.7. The van der Waals surface area contributed by atoms with Gasteiger partial charge in [-0.3, -0.25) is 14.5 Å². The number of nitrogens with one attached hydrogen (secondary N) is 1. The van der Waals surface area contributed by atoms with Crippen LogP contribution in [0.4, 0.5) is 5.69 Å². The van der Waals surface area contributed by atoms with Gasteiger partial charge in [0.1, 0.15) is 0 Å². The number of piperidine rings is 1. The standard InChI is InChI=1S/C22H34N4O2/c1-18-6-5-7-20(16-18)25-14-12-24(13-15-25)11-9-19(2)23-21(27)17-26-10-4-3-8-22(26)28/h5-7,16,19H,3-4,8-15,17H2,1-2H3,(H,23,27). The third kappa shape index (κ3) is 5.96. The number of hydrogen-bond donors (Lipinski definition) is 1. The maximum atomic E-state index is 12.2. The molecule has 0 saturated carbocycles. The van der Waals surface area contributed by atoms with Crippen LogP contribution in [0, 0.1) is 6.92 Å². The molecule has 2 aliphatic heterocycles. The van der Waals surface area contributed by atoms with E-state index in [1.807, 2.05) is 0 Å². The second kappa shape index (κ2) is 9.92. The lowest BCUT2D eigenvalue weighted by Gasteiger charge is -2.36. The van der Waals surface area contributed by atoms with Crippen LogP contribution in [0.25, 0.3) is 0 Å². The Morgan fingerprint density at radius 2 is 1.93 bits per heavy atom. The zero-order valence-electron chi connectivity index (χ0n) is 17.3. The SMILES string of the molecule is Cc1cccc(N2CCN(CCC(C)NC(=O)CN3CCCCC3=O)CC2)c1. The Hall–Kier alpha value is -2.08. The van der Waals surface area contributed by atoms with Crippen molar-refractivity contribution in [2.45, 2.75) is 45.6 Å². The molecule has 2 heterocycles. The molecule has 2 aliphatic rings. The minimum absolute atomic E-state index is 0.0352. The molecule has 2 saturated heterocycles. The van der Waals surface area contributed by atoms with Crippen LogP contribution in [0.1, 0.15) is 38.2 Å². The fourth-order valence-electron chi connectivity index (χ4n) is 4.03. The Morgan fingerprint density at radius 1 is 1.14 bits per heavy atom. The third-order valence-electron chi connectivity index (χ3n) is 5.78. The normalized spacial score (nSPS) is 19.6. The molecule has 28 heavy (non-hydrogen) atoms. The molecule has 2 fully saturated rings. The Kier molecular flexibility index (Phi) is 7.31. The van der Waals surface area contributed by atoms with Crippen LogP contribution in [0.2, 0.25) is 0 Å². The predicted molar refractivity (Wildman–Crippen MR) is 112 cm³/mol. The van der Waals surface area contributed by atoms with Crippen molar-refractivity contribution in [1.82, 2.24) is 15.1 Å². The van der Waals surface area contributed by atoms with Crippen molar-refractivity contribution in [3.05, 3.63) is 29.8 Å². The van der Waals surface area contributed by atoms with Gasteiger partial charge in [0, 0.05) is 57.4 Å². The van der Waals surface area contributed by atoms with E-state index in [-0.39, 0.29) is 24.4 Å². The first-order valence-corrected chi connectivity index (χ1v) is 10.6. The average molecular weight is 387 g/mol. The molecular formula is C22H34N4O2. The monoisotopic (exact) mass is 386 g/mol. The van der Waals surface area contributed by atoms with E-state index in [2.05, 4.69) is 53.2 Å². The molecule has 1 aromatic carbocycles. The van der Waals surface area contributed by atoms with E-state index in [1.165, 1.54) is 11.3 Å². The highest BCUT2D eigenvalue weighted by atomic mass is 16.2. The van der Waals surface area contributed by atoms with Crippen molar-refractivity contribution in [3.63, 3.8) is 0 Å². The van der Waals surface area contributed by atoms with Crippen molar-refractivity contribution in [3.8, 4) is 0 Å². The van der Waals surface area contributed by atoms with Crippen LogP contribution in [-0.2, 0) is 9.59 Å². The minimum atomic E-state index is -0.0352. The Labute approximate surface area is 168 Å². The van der Waals surface area contributed by atoms with Crippen LogP contribution in [0.5, 0.6) is 0 Å². The zero-order chi connectivity index (χ0) is 19.9. The van der Waals surface area contributed by atoms with Crippen LogP contribution in [-0.4, -0.2) is 73.5 Å². The van der Waals surface area contributed by atoms with Crippen molar-refractivity contribution >= 4 is 17.5 Å². The second-order valence-corrected chi connectivity index (χ2v) is 8.20. The number of amides is 2. The van der Waals surface area contributed by atoms with Crippen molar-refractivity contribution in [1.29, 1.82) is 0 Å². The smallest absolute Gasteiger partial charge is 0.239 e. The number of aryl methyl sites for hydroxylation is 1. The zero-order valence-corrected chi connectivity index (χ0v) is 17.3. The topological polar surface area (TPSA) is 55.9 Å². The molecule has 0 bridgehead atoms. The van der Waals surface area contributed by atoms with E-state index in [4.69, 9.17) is 0 Å². The van der Waals surface area contributed by atoms with Gasteiger partial charge in [-0.25, -0.2) is 0 Å². The molecule has 0 aliphatic carbocycles. The molecule has 1 atom stereocenters. The third-order valence-corrected chi connectivity index (χ3v) is 5.78. The van der Waals surface area contributed by atoms with Gasteiger partial charge in [-0.1, -0.05) is 12.1 Å². The molecule has 6 heteroatoms. The Morgan fingerprint density at radius 3 is 2.64 bits per heavy atom. The number of carbonyl (C=O) groups excluding carboxylic acids is 2. The van der Waals surface area contributed by atoms with Gasteiger partial charge >= 0.3 is 0 Å². The summed E-state index contributed by atoms with van der Waals surface area (Å²) in [5.74, 6) is 0.0764. The molecule has 1 N–H and O–H groups in total. The Bertz CT molecular complexity index is 670. The fraction of sp³-hybridized carbons (Fsp3) is 0.636. The summed E-state index contributed by atoms with van der Waals surface area (Å²) in [5.41, 5.74) is 2.61. The number of piperazine rings is 1. The van der Waals surface area contributed by atoms with E-state index in [1.54, 1.807) is 4.90 Å². The van der Waals surface area contributed by atoms with Gasteiger partial charge in [-0.05, 0) is 50.8 Å². The Balaban J connectivity index is 1.34. The first-order chi connectivity index (χ1) is 13.5. The van der Waals surface area contributed by atoms with Crippen molar-refractivity contribution in [2.24, 2.45) is 0 Å². The predicted octanol–water partition coefficient (Wildman–Crippen LogP) is 2.02. The van der Waals surface area contributed by atoms with E-state index in [9.17, 15) is 9.59 Å². The quantitative estimate of drug-likeness (QED) is 0.779. The van der Waals surface area contributed by atoms with Gasteiger partial charge in [-0.15, -0.1) is 0 Å². The molecule has 154 valence electrons. The number of nitrogens with zero attached hydrogens (tertiary/aromatic N) is 3. The lowest BCUT2D eigenvalue weighted by molar-refractivity contribution is -0.138. The summed E-state index contributed by atoms with van der Waals surface area (Å²) in [6.07, 6.45) is 3.47. The number of carbonyl (C=O) groups is 2. The molecule has 2 amide bonds. The molecule has 0 radical (unpaired) electrons. The first-order valence-electron chi connectivity index (χ1n) is 10.6. The molecule has 3 rings (SSSR count). The van der Waals surface area contributed by atoms with E-state index in [0.29, 0.717) is 13.0 Å². The lowest BCUT2D eigenvalue weighted by Crippen LogP contribution is -2.48. The molecular weight excluding hydrogens is 352 g/mol. The van der Waals surface area contributed by atoms with Gasteiger partial charge in [0.05, 0.1) is 6.54 Å². The highest BCUT2D eigenvalue weighted by Crippen LogP contribution is 2.18. The van der Waals surface area contributed by atoms with Crippen LogP contribution >= 0.6 is 0 Å². The highest BCUT2D eigenvalue weighted by Gasteiger charge is 2.22. The summed E-state index contributed by atoms with van der Waals surface area (Å²) < 4.78 is 0. The number of benzene rings is 1. The summed E-state index contributed by atoms with van der Waals surface area (Å²) in [6.45, 7) is 10.3. The molecule has 1 aromatic rings. The summed E-state index contributed by atoms with van der Waals surface area (Å²) in [5, 5.41) is 3.06. The average Bonchev–Trinajstić information content (AvgIpc) is 2.68. The number of rotatable bonds is 7. The number of likely N-dealkylation sites (tertiary alicyclic amines) is 1. The molecule has 0 spiro atoms. The molecule has 0 aromatic heterocycles. The van der Waals surface area contributed by atoms with Gasteiger partial charge in [0.2, 0.25) is 11.8 Å². The fourth-order valence-corrected chi connectivity index (χ4v) is 4.03. The van der Waals surface area contributed by atoms with Crippen LogP contribution < -0.4 is 10.2 Å². The van der Waals surface area contributed by atoms with Gasteiger partial charge in [0.15, 0.2) is 0 Å². The molecule has 1 unspecified atom stereocenters. The number of anilines is 1. The number of hydrogen-bond acceptors (Lipinski definition) is 4. The van der Waals surface area contributed by atoms with Crippen molar-refractivity contribution in [2.75, 3.05) is 50.7 Å². The summed E-state index contributed by atoms with van der Waals surface area (Å²) >= 11 is 0. The van der Waals surface area contributed by atoms with E-state index in [0.717, 1.165) is 52.0 Å². The van der Waals surface area contributed by atoms with Gasteiger partial charge in [0.25, 0.3) is 0 Å². The summed E-state index contributed by atoms with van der Waals surface area (Å²) in [7, 11) is 0. The maximum absolute atomic E-state index is 12.2. The lowest BCUT2D eigenvalue weighted by atomic mass is 10.1. The van der Waals surface area contributed by atoms with E-state index < -0.39 is 0 Å². The highest BCUT2D eigenvalue weighted by molar-refractivity contribution is 5.85. The van der Waals surface area contributed by atoms with Crippen LogP contribution in [0.15, 0.2) is 24.3 Å². The second-order valence-electron chi connectivity index (χ2n) is 8.20. The maximum Gasteiger partial charge on any atom is 0.239 e. The van der Waals surface area contributed by atoms with Gasteiger partial charge < -0.3 is 15.1 Å². The van der Waals surface area contributed by atoms with Crippen molar-refractivity contribution < 1.29 is 9.59 Å². The first kappa shape index (κ1) is 20.6. The van der Waals surface area contributed by atoms with Gasteiger partial charge in [-0.2, -0.15) is 0 Å². The largest absolute Gasteiger partial charge is 0.369 e. The van der Waals surface area contributed by atoms with E-state index >= 15 is 0 Å². The summed E-state index contributed by atoms with van der Waals surface area (Å²) in [6, 6.07) is 8.82. The van der Waals surface area contributed by atoms with Crippen LogP contribution in [0.3, 0.4) is 0 Å².